The Labute approximate surface area is 106 Å². The van der Waals surface area contributed by atoms with E-state index in [1.807, 2.05) is 13.0 Å². The molecule has 2 rings (SSSR count). The second-order valence-electron chi connectivity index (χ2n) is 4.12. The van der Waals surface area contributed by atoms with Crippen molar-refractivity contribution in [2.75, 3.05) is 4.72 Å². The molecule has 1 heterocycles. The highest BCUT2D eigenvalue weighted by atomic mass is 32.2. The summed E-state index contributed by atoms with van der Waals surface area (Å²) in [5, 5.41) is 6.33. The first-order chi connectivity index (χ1) is 8.38. The van der Waals surface area contributed by atoms with Crippen LogP contribution in [0, 0.1) is 20.8 Å². The number of sulfonamides is 1. The highest BCUT2D eigenvalue weighted by molar-refractivity contribution is 7.92. The second-order valence-corrected chi connectivity index (χ2v) is 5.77. The van der Waals surface area contributed by atoms with Gasteiger partial charge < -0.3 is 0 Å². The summed E-state index contributed by atoms with van der Waals surface area (Å²) in [4.78, 5) is 4.16. The van der Waals surface area contributed by atoms with Crippen LogP contribution in [0.3, 0.4) is 0 Å². The Morgan fingerprint density at radius 1 is 1.22 bits per heavy atom. The molecule has 0 bridgehead atoms. The number of benzene rings is 1. The Balaban J connectivity index is 2.39. The van der Waals surface area contributed by atoms with Crippen molar-refractivity contribution < 1.29 is 8.42 Å². The first-order valence-electron chi connectivity index (χ1n) is 5.37. The van der Waals surface area contributed by atoms with E-state index in [2.05, 4.69) is 19.9 Å². The second kappa shape index (κ2) is 4.41. The van der Waals surface area contributed by atoms with Crippen molar-refractivity contribution in [3.8, 4) is 0 Å². The van der Waals surface area contributed by atoms with Gasteiger partial charge in [0, 0.05) is 0 Å². The number of hydrogen-bond donors (Lipinski definition) is 2. The fourth-order valence-corrected chi connectivity index (χ4v) is 2.83. The van der Waals surface area contributed by atoms with Gasteiger partial charge >= 0.3 is 0 Å². The van der Waals surface area contributed by atoms with Crippen molar-refractivity contribution in [3.63, 3.8) is 0 Å². The van der Waals surface area contributed by atoms with E-state index in [0.29, 0.717) is 11.4 Å². The van der Waals surface area contributed by atoms with E-state index in [9.17, 15) is 8.42 Å². The van der Waals surface area contributed by atoms with Crippen LogP contribution in [-0.4, -0.2) is 23.6 Å². The lowest BCUT2D eigenvalue weighted by molar-refractivity contribution is 0.600. The molecule has 0 aliphatic heterocycles. The minimum atomic E-state index is -3.65. The lowest BCUT2D eigenvalue weighted by Gasteiger charge is -2.08. The molecule has 96 valence electrons. The van der Waals surface area contributed by atoms with E-state index in [1.165, 1.54) is 0 Å². The summed E-state index contributed by atoms with van der Waals surface area (Å²) in [5.74, 6) is 0.599. The average Bonchev–Trinajstić information content (AvgIpc) is 2.66. The summed E-state index contributed by atoms with van der Waals surface area (Å²) in [6.45, 7) is 5.29. The van der Waals surface area contributed by atoms with Gasteiger partial charge in [-0.15, -0.1) is 5.10 Å². The van der Waals surface area contributed by atoms with E-state index in [1.54, 1.807) is 26.0 Å². The molecule has 0 radical (unpaired) electrons. The van der Waals surface area contributed by atoms with Crippen molar-refractivity contribution in [2.45, 2.75) is 25.7 Å². The fourth-order valence-electron chi connectivity index (χ4n) is 1.56. The Hall–Kier alpha value is -1.89. The molecular weight excluding hydrogens is 252 g/mol. The third-order valence-corrected chi connectivity index (χ3v) is 3.93. The maximum absolute atomic E-state index is 12.2. The first-order valence-corrected chi connectivity index (χ1v) is 6.86. The van der Waals surface area contributed by atoms with Gasteiger partial charge in [-0.05, 0) is 38.0 Å². The molecule has 0 spiro atoms. The summed E-state index contributed by atoms with van der Waals surface area (Å²) in [7, 11) is -3.65. The minimum absolute atomic E-state index is 0.0495. The van der Waals surface area contributed by atoms with Gasteiger partial charge in [0.15, 0.2) is 0 Å². The molecule has 0 saturated heterocycles. The molecule has 0 aliphatic carbocycles. The summed E-state index contributed by atoms with van der Waals surface area (Å²) in [5.41, 5.74) is 1.56. The predicted octanol–water partition coefficient (Wildman–Crippen LogP) is 1.53. The van der Waals surface area contributed by atoms with Crippen molar-refractivity contribution in [2.24, 2.45) is 0 Å². The molecule has 2 N–H and O–H groups in total. The van der Waals surface area contributed by atoms with Crippen molar-refractivity contribution in [1.29, 1.82) is 0 Å². The Morgan fingerprint density at radius 3 is 2.56 bits per heavy atom. The van der Waals surface area contributed by atoms with Crippen LogP contribution in [0.25, 0.3) is 0 Å². The summed E-state index contributed by atoms with van der Waals surface area (Å²) in [6.07, 6.45) is 0. The maximum atomic E-state index is 12.2. The zero-order valence-corrected chi connectivity index (χ0v) is 11.2. The van der Waals surface area contributed by atoms with Gasteiger partial charge in [-0.3, -0.25) is 5.10 Å². The van der Waals surface area contributed by atoms with Gasteiger partial charge in [0.1, 0.15) is 5.82 Å². The molecule has 0 aliphatic rings. The Kier molecular flexibility index (Phi) is 3.08. The molecule has 18 heavy (non-hydrogen) atoms. The van der Waals surface area contributed by atoms with Crippen LogP contribution in [0.5, 0.6) is 0 Å². The summed E-state index contributed by atoms with van der Waals surface area (Å²) in [6, 6.07) is 5.26. The third kappa shape index (κ3) is 2.51. The third-order valence-electron chi connectivity index (χ3n) is 2.46. The van der Waals surface area contributed by atoms with E-state index in [4.69, 9.17) is 0 Å². The topological polar surface area (TPSA) is 87.7 Å². The number of nitrogens with zero attached hydrogens (tertiary/aromatic N) is 2. The van der Waals surface area contributed by atoms with E-state index in [0.717, 1.165) is 5.56 Å². The molecule has 2 aromatic rings. The standard InChI is InChI=1S/C11H14N4O2S/c1-7-4-5-8(2)10(6-7)18(16,17)15-11-12-9(3)13-14-11/h4-6H,1-3H3,(H2,12,13,14,15). The maximum Gasteiger partial charge on any atom is 0.264 e. The zero-order valence-electron chi connectivity index (χ0n) is 10.4. The van der Waals surface area contributed by atoms with Gasteiger partial charge in [0.2, 0.25) is 0 Å². The van der Waals surface area contributed by atoms with Crippen molar-refractivity contribution >= 4 is 16.0 Å². The Bertz CT molecular complexity index is 676. The van der Waals surface area contributed by atoms with Crippen LogP contribution in [-0.2, 0) is 10.0 Å². The number of H-pyrrole nitrogens is 1. The van der Waals surface area contributed by atoms with E-state index in [-0.39, 0.29) is 10.8 Å². The number of hydrogen-bond acceptors (Lipinski definition) is 4. The molecule has 0 amide bonds. The molecule has 1 aromatic heterocycles. The van der Waals surface area contributed by atoms with Crippen LogP contribution >= 0.6 is 0 Å². The minimum Gasteiger partial charge on any atom is -0.261 e. The molecule has 0 saturated carbocycles. The normalized spacial score (nSPS) is 11.5. The number of anilines is 1. The number of aryl methyl sites for hydroxylation is 3. The molecule has 0 atom stereocenters. The van der Waals surface area contributed by atoms with Crippen LogP contribution in [0.1, 0.15) is 17.0 Å². The largest absolute Gasteiger partial charge is 0.264 e. The molecule has 7 heteroatoms. The predicted molar refractivity (Wildman–Crippen MR) is 67.8 cm³/mol. The SMILES string of the molecule is Cc1ccc(C)c(S(=O)(=O)Nc2n[nH]c(C)n2)c1. The van der Waals surface area contributed by atoms with Crippen LogP contribution in [0.15, 0.2) is 23.1 Å². The first kappa shape index (κ1) is 12.6. The van der Waals surface area contributed by atoms with Crippen LogP contribution < -0.4 is 4.72 Å². The van der Waals surface area contributed by atoms with Crippen molar-refractivity contribution in [3.05, 3.63) is 35.2 Å². The van der Waals surface area contributed by atoms with E-state index < -0.39 is 10.0 Å². The molecule has 0 fully saturated rings. The summed E-state index contributed by atoms with van der Waals surface area (Å²) < 4.78 is 26.7. The average molecular weight is 266 g/mol. The quantitative estimate of drug-likeness (QED) is 0.881. The van der Waals surface area contributed by atoms with Gasteiger partial charge in [-0.2, -0.15) is 4.98 Å². The number of nitrogens with one attached hydrogen (secondary N) is 2. The highest BCUT2D eigenvalue weighted by Crippen LogP contribution is 2.18. The summed E-state index contributed by atoms with van der Waals surface area (Å²) >= 11 is 0. The van der Waals surface area contributed by atoms with Crippen LogP contribution in [0.4, 0.5) is 5.95 Å². The van der Waals surface area contributed by atoms with E-state index >= 15 is 0 Å². The monoisotopic (exact) mass is 266 g/mol. The Morgan fingerprint density at radius 2 is 1.94 bits per heavy atom. The lowest BCUT2D eigenvalue weighted by atomic mass is 10.2. The van der Waals surface area contributed by atoms with Gasteiger partial charge in [0.25, 0.3) is 16.0 Å². The lowest BCUT2D eigenvalue weighted by Crippen LogP contribution is -2.15. The fraction of sp³-hybridized carbons (Fsp3) is 0.273. The molecule has 6 nitrogen and oxygen atoms in total. The van der Waals surface area contributed by atoms with Gasteiger partial charge in [-0.25, -0.2) is 13.1 Å². The van der Waals surface area contributed by atoms with Gasteiger partial charge in [-0.1, -0.05) is 12.1 Å². The zero-order chi connectivity index (χ0) is 13.3. The molecule has 0 unspecified atom stereocenters. The molecular formula is C11H14N4O2S. The van der Waals surface area contributed by atoms with Crippen molar-refractivity contribution in [1.82, 2.24) is 15.2 Å². The smallest absolute Gasteiger partial charge is 0.261 e. The number of aromatic amines is 1. The van der Waals surface area contributed by atoms with Crippen LogP contribution in [0.2, 0.25) is 0 Å². The number of aromatic nitrogens is 3. The van der Waals surface area contributed by atoms with Gasteiger partial charge in [0.05, 0.1) is 4.90 Å². The molecule has 1 aromatic carbocycles. The number of rotatable bonds is 3. The highest BCUT2D eigenvalue weighted by Gasteiger charge is 2.18.